The van der Waals surface area contributed by atoms with Gasteiger partial charge in [-0.3, -0.25) is 4.79 Å². The summed E-state index contributed by atoms with van der Waals surface area (Å²) in [6, 6.07) is 0.206. The van der Waals surface area contributed by atoms with Crippen molar-refractivity contribution in [1.82, 2.24) is 10.6 Å². The highest BCUT2D eigenvalue weighted by Crippen LogP contribution is 2.23. The summed E-state index contributed by atoms with van der Waals surface area (Å²) in [6.07, 6.45) is 5.78. The zero-order chi connectivity index (χ0) is 11.2. The molecule has 1 amide bonds. The van der Waals surface area contributed by atoms with Crippen LogP contribution in [0, 0.1) is 5.92 Å². The van der Waals surface area contributed by atoms with Gasteiger partial charge in [0.25, 0.3) is 0 Å². The second-order valence-electron chi connectivity index (χ2n) is 4.88. The van der Waals surface area contributed by atoms with Gasteiger partial charge < -0.3 is 15.4 Å². The second kappa shape index (κ2) is 7.90. The van der Waals surface area contributed by atoms with Crippen LogP contribution < -0.4 is 10.6 Å². The van der Waals surface area contributed by atoms with Gasteiger partial charge in [-0.05, 0) is 18.8 Å². The quantitative estimate of drug-likeness (QED) is 0.798. The van der Waals surface area contributed by atoms with Gasteiger partial charge in [0, 0.05) is 25.6 Å². The van der Waals surface area contributed by atoms with Crippen molar-refractivity contribution in [3.63, 3.8) is 0 Å². The van der Waals surface area contributed by atoms with Crippen molar-refractivity contribution < 1.29 is 9.53 Å². The first kappa shape index (κ1) is 14.7. The molecule has 2 fully saturated rings. The van der Waals surface area contributed by atoms with E-state index in [4.69, 9.17) is 4.74 Å². The molecule has 2 rings (SSSR count). The van der Waals surface area contributed by atoms with E-state index in [1.165, 1.54) is 25.7 Å². The first-order valence-electron chi connectivity index (χ1n) is 6.42. The number of rotatable bonds is 4. The molecule has 1 unspecified atom stereocenters. The van der Waals surface area contributed by atoms with E-state index in [9.17, 15) is 4.79 Å². The highest BCUT2D eigenvalue weighted by atomic mass is 35.5. The summed E-state index contributed by atoms with van der Waals surface area (Å²) in [7, 11) is 0. The molecule has 1 heterocycles. The van der Waals surface area contributed by atoms with Crippen molar-refractivity contribution in [1.29, 1.82) is 0 Å². The largest absolute Gasteiger partial charge is 0.378 e. The van der Waals surface area contributed by atoms with Crippen LogP contribution in [0.3, 0.4) is 0 Å². The molecule has 0 aromatic rings. The number of amides is 1. The Balaban J connectivity index is 0.00000144. The maximum atomic E-state index is 11.7. The average molecular weight is 263 g/mol. The van der Waals surface area contributed by atoms with Crippen molar-refractivity contribution in [3.05, 3.63) is 0 Å². The molecule has 100 valence electrons. The van der Waals surface area contributed by atoms with Crippen LogP contribution in [-0.2, 0) is 9.53 Å². The number of carbonyl (C=O) groups is 1. The molecule has 0 spiro atoms. The molecule has 0 bridgehead atoms. The van der Waals surface area contributed by atoms with E-state index in [0.717, 1.165) is 25.6 Å². The van der Waals surface area contributed by atoms with E-state index >= 15 is 0 Å². The fourth-order valence-electron chi connectivity index (χ4n) is 2.52. The van der Waals surface area contributed by atoms with E-state index in [1.807, 2.05) is 0 Å². The van der Waals surface area contributed by atoms with Gasteiger partial charge in [0.15, 0.2) is 0 Å². The Hall–Kier alpha value is -0.320. The minimum Gasteiger partial charge on any atom is -0.378 e. The van der Waals surface area contributed by atoms with Gasteiger partial charge in [-0.15, -0.1) is 12.4 Å². The van der Waals surface area contributed by atoms with Crippen LogP contribution in [0.4, 0.5) is 0 Å². The lowest BCUT2D eigenvalue weighted by Gasteiger charge is -2.23. The molecule has 1 saturated heterocycles. The van der Waals surface area contributed by atoms with Gasteiger partial charge in [-0.2, -0.15) is 0 Å². The van der Waals surface area contributed by atoms with Gasteiger partial charge in [-0.1, -0.05) is 12.8 Å². The Morgan fingerprint density at radius 3 is 2.76 bits per heavy atom. The normalized spacial score (nSPS) is 25.3. The maximum absolute atomic E-state index is 11.7. The summed E-state index contributed by atoms with van der Waals surface area (Å²) < 4.78 is 5.32. The van der Waals surface area contributed by atoms with Crippen molar-refractivity contribution in [3.8, 4) is 0 Å². The molecule has 1 saturated carbocycles. The lowest BCUT2D eigenvalue weighted by Crippen LogP contribution is -2.44. The Bertz CT molecular complexity index is 227. The summed E-state index contributed by atoms with van der Waals surface area (Å²) in [5.74, 6) is 0.884. The Morgan fingerprint density at radius 2 is 2.12 bits per heavy atom. The second-order valence-corrected chi connectivity index (χ2v) is 4.88. The van der Waals surface area contributed by atoms with Crippen LogP contribution in [0.5, 0.6) is 0 Å². The molecular formula is C12H23ClN2O2. The van der Waals surface area contributed by atoms with Crippen molar-refractivity contribution in [2.45, 2.75) is 38.1 Å². The summed E-state index contributed by atoms with van der Waals surface area (Å²) in [6.45, 7) is 3.16. The van der Waals surface area contributed by atoms with Crippen LogP contribution >= 0.6 is 12.4 Å². The average Bonchev–Trinajstić information content (AvgIpc) is 2.81. The number of nitrogens with one attached hydrogen (secondary N) is 2. The number of hydrogen-bond donors (Lipinski definition) is 2. The summed E-state index contributed by atoms with van der Waals surface area (Å²) in [5, 5.41) is 6.33. The first-order valence-corrected chi connectivity index (χ1v) is 6.42. The molecule has 1 atom stereocenters. The molecular weight excluding hydrogens is 240 g/mol. The van der Waals surface area contributed by atoms with Crippen LogP contribution in [0.15, 0.2) is 0 Å². The van der Waals surface area contributed by atoms with Gasteiger partial charge in [0.2, 0.25) is 5.91 Å². The molecule has 0 aromatic heterocycles. The highest BCUT2D eigenvalue weighted by molar-refractivity contribution is 5.85. The molecule has 0 radical (unpaired) electrons. The highest BCUT2D eigenvalue weighted by Gasteiger charge is 2.19. The summed E-state index contributed by atoms with van der Waals surface area (Å²) in [5.41, 5.74) is 0. The monoisotopic (exact) mass is 262 g/mol. The van der Waals surface area contributed by atoms with Crippen LogP contribution in [0.1, 0.15) is 32.1 Å². The van der Waals surface area contributed by atoms with Crippen LogP contribution in [0.2, 0.25) is 0 Å². The van der Waals surface area contributed by atoms with E-state index in [0.29, 0.717) is 13.0 Å². The zero-order valence-corrected chi connectivity index (χ0v) is 11.1. The van der Waals surface area contributed by atoms with Gasteiger partial charge >= 0.3 is 0 Å². The predicted octanol–water partition coefficient (Wildman–Crippen LogP) is 1.09. The lowest BCUT2D eigenvalue weighted by molar-refractivity contribution is -0.122. The maximum Gasteiger partial charge on any atom is 0.221 e. The smallest absolute Gasteiger partial charge is 0.221 e. The third kappa shape index (κ3) is 5.23. The van der Waals surface area contributed by atoms with E-state index in [2.05, 4.69) is 10.6 Å². The molecule has 5 heteroatoms. The Kier molecular flexibility index (Phi) is 6.85. The first-order chi connectivity index (χ1) is 7.84. The number of halogens is 1. The fraction of sp³-hybridized carbons (Fsp3) is 0.917. The molecule has 2 N–H and O–H groups in total. The summed E-state index contributed by atoms with van der Waals surface area (Å²) in [4.78, 5) is 11.7. The molecule has 2 aliphatic rings. The van der Waals surface area contributed by atoms with Crippen molar-refractivity contribution in [2.24, 2.45) is 5.92 Å². The predicted molar refractivity (Wildman–Crippen MR) is 69.4 cm³/mol. The number of carbonyl (C=O) groups excluding carboxylic acids is 1. The van der Waals surface area contributed by atoms with Gasteiger partial charge in [0.1, 0.15) is 0 Å². The number of ether oxygens (including phenoxy) is 1. The van der Waals surface area contributed by atoms with E-state index in [1.54, 1.807) is 0 Å². The molecule has 0 aromatic carbocycles. The Labute approximate surface area is 109 Å². The zero-order valence-electron chi connectivity index (χ0n) is 10.2. The van der Waals surface area contributed by atoms with Gasteiger partial charge in [0.05, 0.1) is 13.2 Å². The molecule has 1 aliphatic heterocycles. The minimum absolute atomic E-state index is 0. The van der Waals surface area contributed by atoms with Crippen molar-refractivity contribution >= 4 is 18.3 Å². The molecule has 1 aliphatic carbocycles. The van der Waals surface area contributed by atoms with Gasteiger partial charge in [-0.25, -0.2) is 0 Å². The SMILES string of the molecule is Cl.O=C(CC1COCCN1)NCC1CCCC1. The summed E-state index contributed by atoms with van der Waals surface area (Å²) >= 11 is 0. The molecule has 17 heavy (non-hydrogen) atoms. The van der Waals surface area contributed by atoms with Crippen LogP contribution in [-0.4, -0.2) is 38.3 Å². The topological polar surface area (TPSA) is 50.4 Å². The number of morpholine rings is 1. The van der Waals surface area contributed by atoms with E-state index in [-0.39, 0.29) is 24.4 Å². The minimum atomic E-state index is 0. The van der Waals surface area contributed by atoms with E-state index < -0.39 is 0 Å². The third-order valence-electron chi connectivity index (χ3n) is 3.49. The fourth-order valence-corrected chi connectivity index (χ4v) is 2.52. The van der Waals surface area contributed by atoms with Crippen LogP contribution in [0.25, 0.3) is 0 Å². The Morgan fingerprint density at radius 1 is 1.35 bits per heavy atom. The third-order valence-corrected chi connectivity index (χ3v) is 3.49. The van der Waals surface area contributed by atoms with Crippen molar-refractivity contribution in [2.75, 3.05) is 26.3 Å². The molecule has 4 nitrogen and oxygen atoms in total. The number of hydrogen-bond acceptors (Lipinski definition) is 3. The standard InChI is InChI=1S/C12H22N2O2.ClH/c15-12(7-11-9-16-6-5-13-11)14-8-10-3-1-2-4-10;/h10-11,13H,1-9H2,(H,14,15);1H. The lowest BCUT2D eigenvalue weighted by atomic mass is 10.1.